The molecule has 4 aliphatic carbocycles. The largest absolute Gasteiger partial charge is 0.393 e. The smallest absolute Gasteiger partial charge is 0.155 e. The van der Waals surface area contributed by atoms with Crippen molar-refractivity contribution in [2.24, 2.45) is 28.6 Å². The third-order valence-corrected chi connectivity index (χ3v) is 8.08. The molecule has 0 heterocycles. The molecule has 4 aliphatic rings. The summed E-state index contributed by atoms with van der Waals surface area (Å²) < 4.78 is 0. The average Bonchev–Trinajstić information content (AvgIpc) is 2.84. The Morgan fingerprint density at radius 3 is 2.75 bits per heavy atom. The minimum atomic E-state index is -0.307. The van der Waals surface area contributed by atoms with E-state index in [0.29, 0.717) is 18.3 Å². The van der Waals surface area contributed by atoms with Gasteiger partial charge in [0.25, 0.3) is 0 Å². The Morgan fingerprint density at radius 2 is 2.00 bits per heavy atom. The van der Waals surface area contributed by atoms with Gasteiger partial charge in [-0.3, -0.25) is 4.79 Å². The number of allylic oxidation sites excluding steroid dienone is 2. The van der Waals surface area contributed by atoms with Gasteiger partial charge in [0.05, 0.1) is 12.7 Å². The Labute approximate surface area is 144 Å². The highest BCUT2D eigenvalue weighted by Gasteiger charge is 2.60. The lowest BCUT2D eigenvalue weighted by atomic mass is 9.46. The molecule has 3 nitrogen and oxygen atoms in total. The molecule has 2 N–H and O–H groups in total. The van der Waals surface area contributed by atoms with E-state index in [2.05, 4.69) is 13.8 Å². The van der Waals surface area contributed by atoms with Crippen molar-refractivity contribution in [3.8, 4) is 0 Å². The van der Waals surface area contributed by atoms with E-state index in [1.54, 1.807) is 0 Å². The summed E-state index contributed by atoms with van der Waals surface area (Å²) in [7, 11) is 0. The third-order valence-electron chi connectivity index (χ3n) is 8.08. The second-order valence-electron chi connectivity index (χ2n) is 9.03. The summed E-state index contributed by atoms with van der Waals surface area (Å²) in [6, 6.07) is 0. The molecule has 0 radical (unpaired) electrons. The Bertz CT molecular complexity index is 619. The van der Waals surface area contributed by atoms with Crippen molar-refractivity contribution in [3.63, 3.8) is 0 Å². The van der Waals surface area contributed by atoms with Crippen molar-refractivity contribution >= 4 is 5.78 Å². The van der Waals surface area contributed by atoms with Crippen LogP contribution in [0.4, 0.5) is 0 Å². The molecule has 0 saturated heterocycles. The number of carbonyl (C=O) groups is 1. The Hall–Kier alpha value is -0.930. The highest BCUT2D eigenvalue weighted by Crippen LogP contribution is 2.66. The van der Waals surface area contributed by atoms with Gasteiger partial charge in [-0.25, -0.2) is 0 Å². The fourth-order valence-corrected chi connectivity index (χ4v) is 6.98. The number of fused-ring (bicyclic) bond motifs is 5. The summed E-state index contributed by atoms with van der Waals surface area (Å²) in [5.41, 5.74) is 2.71. The number of aliphatic hydroxyl groups excluding tert-OH is 2. The minimum absolute atomic E-state index is 0.00101. The predicted molar refractivity (Wildman–Crippen MR) is 93.3 cm³/mol. The molecular formula is C21H30O3. The van der Waals surface area contributed by atoms with Gasteiger partial charge in [0, 0.05) is 6.42 Å². The zero-order chi connectivity index (χ0) is 17.1. The molecule has 3 heteroatoms. The lowest BCUT2D eigenvalue weighted by molar-refractivity contribution is -0.124. The van der Waals surface area contributed by atoms with Crippen molar-refractivity contribution in [2.75, 3.05) is 6.61 Å². The van der Waals surface area contributed by atoms with E-state index >= 15 is 0 Å². The van der Waals surface area contributed by atoms with Crippen LogP contribution in [0.15, 0.2) is 23.3 Å². The van der Waals surface area contributed by atoms with Gasteiger partial charge in [-0.1, -0.05) is 31.1 Å². The van der Waals surface area contributed by atoms with Crippen LogP contribution in [-0.2, 0) is 4.79 Å². The molecule has 4 rings (SSSR count). The number of hydrogen-bond acceptors (Lipinski definition) is 3. The Kier molecular flexibility index (Phi) is 3.81. The third kappa shape index (κ3) is 2.13. The van der Waals surface area contributed by atoms with E-state index in [1.807, 2.05) is 12.2 Å². The van der Waals surface area contributed by atoms with Crippen molar-refractivity contribution in [1.29, 1.82) is 0 Å². The van der Waals surface area contributed by atoms with Gasteiger partial charge in [0.2, 0.25) is 0 Å². The van der Waals surface area contributed by atoms with E-state index in [1.165, 1.54) is 17.6 Å². The summed E-state index contributed by atoms with van der Waals surface area (Å²) in [5, 5.41) is 20.5. The lowest BCUT2D eigenvalue weighted by Crippen LogP contribution is -2.55. The summed E-state index contributed by atoms with van der Waals surface area (Å²) in [6.07, 6.45) is 10.3. The summed E-state index contributed by atoms with van der Waals surface area (Å²) in [5.74, 6) is 1.71. The van der Waals surface area contributed by atoms with E-state index in [0.717, 1.165) is 32.1 Å². The second-order valence-corrected chi connectivity index (χ2v) is 9.03. The topological polar surface area (TPSA) is 57.5 Å². The van der Waals surface area contributed by atoms with E-state index in [-0.39, 0.29) is 35.2 Å². The number of carbonyl (C=O) groups excluding carboxylic acids is 1. The average molecular weight is 330 g/mol. The van der Waals surface area contributed by atoms with Gasteiger partial charge in [-0.15, -0.1) is 0 Å². The van der Waals surface area contributed by atoms with E-state index in [9.17, 15) is 15.0 Å². The van der Waals surface area contributed by atoms with Crippen LogP contribution in [0, 0.1) is 28.6 Å². The molecule has 0 aliphatic heterocycles. The number of hydrogen-bond donors (Lipinski definition) is 2. The van der Waals surface area contributed by atoms with Crippen LogP contribution < -0.4 is 0 Å². The summed E-state index contributed by atoms with van der Waals surface area (Å²) in [6.45, 7) is 4.71. The summed E-state index contributed by atoms with van der Waals surface area (Å²) in [4.78, 5) is 11.9. The van der Waals surface area contributed by atoms with Crippen molar-refractivity contribution in [2.45, 2.75) is 64.9 Å². The number of ketones is 1. The first-order valence-electron chi connectivity index (χ1n) is 9.62. The van der Waals surface area contributed by atoms with Crippen molar-refractivity contribution < 1.29 is 15.0 Å². The maximum Gasteiger partial charge on any atom is 0.155 e. The molecule has 24 heavy (non-hydrogen) atoms. The highest BCUT2D eigenvalue weighted by atomic mass is 16.3. The normalized spacial score (nSPS) is 49.4. The number of aliphatic hydroxyl groups is 2. The van der Waals surface area contributed by atoms with Crippen LogP contribution in [0.3, 0.4) is 0 Å². The van der Waals surface area contributed by atoms with Gasteiger partial charge in [0.1, 0.15) is 0 Å². The molecule has 0 aromatic heterocycles. The van der Waals surface area contributed by atoms with Gasteiger partial charge < -0.3 is 10.2 Å². The first kappa shape index (κ1) is 16.5. The molecule has 0 aromatic carbocycles. The molecule has 3 fully saturated rings. The van der Waals surface area contributed by atoms with Crippen LogP contribution in [0.5, 0.6) is 0 Å². The molecule has 6 atom stereocenters. The first-order valence-corrected chi connectivity index (χ1v) is 9.62. The zero-order valence-corrected chi connectivity index (χ0v) is 14.9. The maximum atomic E-state index is 11.9. The summed E-state index contributed by atoms with van der Waals surface area (Å²) >= 11 is 0. The molecule has 0 aromatic rings. The molecule has 0 unspecified atom stereocenters. The molecule has 0 spiro atoms. The van der Waals surface area contributed by atoms with Gasteiger partial charge in [-0.05, 0) is 73.2 Å². The van der Waals surface area contributed by atoms with E-state index in [4.69, 9.17) is 0 Å². The fourth-order valence-electron chi connectivity index (χ4n) is 6.98. The quantitative estimate of drug-likeness (QED) is 0.725. The second kappa shape index (κ2) is 5.54. The maximum absolute atomic E-state index is 11.9. The fraction of sp³-hybridized carbons (Fsp3) is 0.762. The van der Waals surface area contributed by atoms with Crippen LogP contribution in [0.25, 0.3) is 0 Å². The SMILES string of the molecule is C[C@]12CCC(=O)C=C1CC[C@H]1[C@H]2[C@H](O)C[C@]2(C)/C(=C/CO)CC[C@H]12. The van der Waals surface area contributed by atoms with Crippen LogP contribution in [0.2, 0.25) is 0 Å². The standard InChI is InChI=1S/C21H30O3/c1-20-9-7-15(23)11-14(20)3-5-16-17-6-4-13(8-10-22)21(17,2)12-18(24)19(16)20/h8,11,16-19,22,24H,3-7,9-10,12H2,1-2H3/b13-8+/t16-,17-,18-,19+,20+,21-/m1/s1. The van der Waals surface area contributed by atoms with Gasteiger partial charge in [-0.2, -0.15) is 0 Å². The molecule has 3 saturated carbocycles. The van der Waals surface area contributed by atoms with Crippen molar-refractivity contribution in [3.05, 3.63) is 23.3 Å². The van der Waals surface area contributed by atoms with E-state index < -0.39 is 0 Å². The molecule has 0 bridgehead atoms. The van der Waals surface area contributed by atoms with Gasteiger partial charge in [0.15, 0.2) is 5.78 Å². The van der Waals surface area contributed by atoms with Gasteiger partial charge >= 0.3 is 0 Å². The number of rotatable bonds is 1. The first-order chi connectivity index (χ1) is 11.4. The lowest BCUT2D eigenvalue weighted by Gasteiger charge is -2.59. The van der Waals surface area contributed by atoms with Crippen LogP contribution >= 0.6 is 0 Å². The monoisotopic (exact) mass is 330 g/mol. The predicted octanol–water partition coefficient (Wildman–Crippen LogP) is 3.41. The Morgan fingerprint density at radius 1 is 1.21 bits per heavy atom. The molecule has 132 valence electrons. The van der Waals surface area contributed by atoms with Crippen LogP contribution in [0.1, 0.15) is 58.8 Å². The Balaban J connectivity index is 1.72. The highest BCUT2D eigenvalue weighted by molar-refractivity contribution is 5.91. The minimum Gasteiger partial charge on any atom is -0.393 e. The van der Waals surface area contributed by atoms with Crippen molar-refractivity contribution in [1.82, 2.24) is 0 Å². The molecular weight excluding hydrogens is 300 g/mol. The zero-order valence-electron chi connectivity index (χ0n) is 14.9. The molecule has 0 amide bonds. The van der Waals surface area contributed by atoms with Crippen LogP contribution in [-0.4, -0.2) is 28.7 Å².